The molecule has 1 saturated heterocycles. The van der Waals surface area contributed by atoms with Gasteiger partial charge in [-0.3, -0.25) is 14.3 Å². The summed E-state index contributed by atoms with van der Waals surface area (Å²) in [5, 5.41) is 7.73. The van der Waals surface area contributed by atoms with Crippen molar-refractivity contribution in [1.82, 2.24) is 20.0 Å². The molecule has 0 bridgehead atoms. The van der Waals surface area contributed by atoms with E-state index in [0.29, 0.717) is 12.2 Å². The second-order valence-electron chi connectivity index (χ2n) is 5.73. The Morgan fingerprint density at radius 1 is 1.55 bits per heavy atom. The lowest BCUT2D eigenvalue weighted by atomic mass is 10.1. The first-order valence-electron chi connectivity index (χ1n) is 7.95. The van der Waals surface area contributed by atoms with Gasteiger partial charge in [0.2, 0.25) is 5.91 Å². The van der Waals surface area contributed by atoms with Crippen molar-refractivity contribution in [2.75, 3.05) is 26.2 Å². The standard InChI is InChI=1S/C15H25N5O2/c1-2-3-8-19(11-14(16)21)15(22)13-6-9-20(18-13)12-5-4-7-17-10-12/h6,9,12,17H,2-5,7-8,10-11H2,1H3,(H2,16,21). The molecule has 1 aromatic rings. The van der Waals surface area contributed by atoms with Crippen molar-refractivity contribution >= 4 is 11.8 Å². The number of rotatable bonds is 7. The molecule has 1 aromatic heterocycles. The fraction of sp³-hybridized carbons (Fsp3) is 0.667. The van der Waals surface area contributed by atoms with Crippen LogP contribution < -0.4 is 11.1 Å². The van der Waals surface area contributed by atoms with Crippen LogP contribution in [0.15, 0.2) is 12.3 Å². The second-order valence-corrected chi connectivity index (χ2v) is 5.73. The SMILES string of the molecule is CCCCN(CC(N)=O)C(=O)c1ccn(C2CCCNC2)n1. The molecular formula is C15H25N5O2. The normalized spacial score (nSPS) is 18.1. The highest BCUT2D eigenvalue weighted by atomic mass is 16.2. The van der Waals surface area contributed by atoms with E-state index in [1.54, 1.807) is 6.07 Å². The number of nitrogens with two attached hydrogens (primary N) is 1. The molecule has 0 spiro atoms. The minimum absolute atomic E-state index is 0.0589. The number of nitrogens with one attached hydrogen (secondary N) is 1. The molecule has 22 heavy (non-hydrogen) atoms. The minimum atomic E-state index is -0.500. The number of aromatic nitrogens is 2. The number of nitrogens with zero attached hydrogens (tertiary/aromatic N) is 3. The van der Waals surface area contributed by atoms with Crippen LogP contribution in [0.5, 0.6) is 0 Å². The van der Waals surface area contributed by atoms with Gasteiger partial charge in [-0.25, -0.2) is 0 Å². The van der Waals surface area contributed by atoms with Crippen molar-refractivity contribution in [2.24, 2.45) is 5.73 Å². The van der Waals surface area contributed by atoms with Crippen LogP contribution in [-0.4, -0.2) is 52.7 Å². The summed E-state index contributed by atoms with van der Waals surface area (Å²) < 4.78 is 1.85. The molecule has 1 atom stereocenters. The van der Waals surface area contributed by atoms with Crippen LogP contribution in [0.2, 0.25) is 0 Å². The molecule has 2 amide bonds. The zero-order chi connectivity index (χ0) is 15.9. The van der Waals surface area contributed by atoms with E-state index < -0.39 is 5.91 Å². The van der Waals surface area contributed by atoms with Crippen LogP contribution in [-0.2, 0) is 4.79 Å². The van der Waals surface area contributed by atoms with Gasteiger partial charge in [0.1, 0.15) is 5.69 Å². The smallest absolute Gasteiger partial charge is 0.274 e. The van der Waals surface area contributed by atoms with Gasteiger partial charge in [-0.1, -0.05) is 13.3 Å². The molecule has 2 heterocycles. The van der Waals surface area contributed by atoms with Crippen molar-refractivity contribution < 1.29 is 9.59 Å². The summed E-state index contributed by atoms with van der Waals surface area (Å²) in [4.78, 5) is 25.1. The van der Waals surface area contributed by atoms with Crippen LogP contribution in [0.25, 0.3) is 0 Å². The Morgan fingerprint density at radius 3 is 3.00 bits per heavy atom. The van der Waals surface area contributed by atoms with Crippen molar-refractivity contribution in [3.05, 3.63) is 18.0 Å². The quantitative estimate of drug-likeness (QED) is 0.768. The van der Waals surface area contributed by atoms with Crippen LogP contribution in [0, 0.1) is 0 Å². The third-order valence-corrected chi connectivity index (χ3v) is 3.89. The maximum atomic E-state index is 12.5. The van der Waals surface area contributed by atoms with Gasteiger partial charge in [0.25, 0.3) is 5.91 Å². The maximum absolute atomic E-state index is 12.5. The van der Waals surface area contributed by atoms with Gasteiger partial charge in [-0.05, 0) is 31.9 Å². The highest BCUT2D eigenvalue weighted by Crippen LogP contribution is 2.16. The first-order chi connectivity index (χ1) is 10.6. The van der Waals surface area contributed by atoms with Crippen LogP contribution in [0.1, 0.15) is 49.1 Å². The molecular weight excluding hydrogens is 282 g/mol. The van der Waals surface area contributed by atoms with Gasteiger partial charge in [0, 0.05) is 19.3 Å². The number of piperidine rings is 1. The van der Waals surface area contributed by atoms with Crippen LogP contribution >= 0.6 is 0 Å². The molecule has 1 unspecified atom stereocenters. The molecule has 7 nitrogen and oxygen atoms in total. The summed E-state index contributed by atoms with van der Waals surface area (Å²) in [6, 6.07) is 2.01. The van der Waals surface area contributed by atoms with Gasteiger partial charge in [0.15, 0.2) is 0 Å². The summed E-state index contributed by atoms with van der Waals surface area (Å²) in [6.45, 7) is 4.41. The lowest BCUT2D eigenvalue weighted by Crippen LogP contribution is -2.39. The number of hydrogen-bond acceptors (Lipinski definition) is 4. The zero-order valence-corrected chi connectivity index (χ0v) is 13.1. The zero-order valence-electron chi connectivity index (χ0n) is 13.1. The van der Waals surface area contributed by atoms with E-state index in [0.717, 1.165) is 38.8 Å². The van der Waals surface area contributed by atoms with Gasteiger partial charge in [-0.2, -0.15) is 5.10 Å². The summed E-state index contributed by atoms with van der Waals surface area (Å²) in [5.41, 5.74) is 5.61. The molecule has 0 aliphatic carbocycles. The molecule has 0 radical (unpaired) electrons. The third-order valence-electron chi connectivity index (χ3n) is 3.89. The summed E-state index contributed by atoms with van der Waals surface area (Å²) in [7, 11) is 0. The molecule has 2 rings (SSSR count). The van der Waals surface area contributed by atoms with Gasteiger partial charge in [0.05, 0.1) is 12.6 Å². The predicted octanol–water partition coefficient (Wildman–Crippen LogP) is 0.535. The number of carbonyl (C=O) groups is 2. The van der Waals surface area contributed by atoms with E-state index in [1.165, 1.54) is 4.90 Å². The first-order valence-corrected chi connectivity index (χ1v) is 7.95. The topological polar surface area (TPSA) is 93.2 Å². The Balaban J connectivity index is 2.05. The Kier molecular flexibility index (Phi) is 5.94. The van der Waals surface area contributed by atoms with Crippen LogP contribution in [0.3, 0.4) is 0 Å². The van der Waals surface area contributed by atoms with Crippen molar-refractivity contribution in [3.8, 4) is 0 Å². The molecule has 7 heteroatoms. The molecule has 3 N–H and O–H groups in total. The lowest BCUT2D eigenvalue weighted by molar-refractivity contribution is -0.118. The molecule has 122 valence electrons. The van der Waals surface area contributed by atoms with E-state index >= 15 is 0 Å². The molecule has 1 aliphatic rings. The number of carbonyl (C=O) groups excluding carboxylic acids is 2. The van der Waals surface area contributed by atoms with Crippen molar-refractivity contribution in [3.63, 3.8) is 0 Å². The average molecular weight is 307 g/mol. The highest BCUT2D eigenvalue weighted by Gasteiger charge is 2.22. The first kappa shape index (κ1) is 16.5. The van der Waals surface area contributed by atoms with Crippen molar-refractivity contribution in [2.45, 2.75) is 38.6 Å². The number of amides is 2. The van der Waals surface area contributed by atoms with Gasteiger partial charge >= 0.3 is 0 Å². The van der Waals surface area contributed by atoms with E-state index in [2.05, 4.69) is 10.4 Å². The Bertz CT molecular complexity index is 508. The van der Waals surface area contributed by atoms with E-state index in [4.69, 9.17) is 5.73 Å². The van der Waals surface area contributed by atoms with Crippen molar-refractivity contribution in [1.29, 1.82) is 0 Å². The highest BCUT2D eigenvalue weighted by molar-refractivity contribution is 5.94. The monoisotopic (exact) mass is 307 g/mol. The van der Waals surface area contributed by atoms with Gasteiger partial charge < -0.3 is 16.0 Å². The minimum Gasteiger partial charge on any atom is -0.368 e. The largest absolute Gasteiger partial charge is 0.368 e. The fourth-order valence-electron chi connectivity index (χ4n) is 2.67. The second kappa shape index (κ2) is 7.93. The lowest BCUT2D eigenvalue weighted by Gasteiger charge is -2.23. The van der Waals surface area contributed by atoms with E-state index in [1.807, 2.05) is 17.8 Å². The summed E-state index contributed by atoms with van der Waals surface area (Å²) in [5.74, 6) is -0.727. The summed E-state index contributed by atoms with van der Waals surface area (Å²) in [6.07, 6.45) is 5.80. The number of unbranched alkanes of at least 4 members (excludes halogenated alkanes) is 1. The molecule has 1 aliphatic heterocycles. The van der Waals surface area contributed by atoms with E-state index in [9.17, 15) is 9.59 Å². The number of primary amides is 1. The maximum Gasteiger partial charge on any atom is 0.274 e. The third kappa shape index (κ3) is 4.30. The predicted molar refractivity (Wildman–Crippen MR) is 83.4 cm³/mol. The fourth-order valence-corrected chi connectivity index (χ4v) is 2.67. The number of hydrogen-bond donors (Lipinski definition) is 2. The van der Waals surface area contributed by atoms with E-state index in [-0.39, 0.29) is 18.5 Å². The Labute approximate surface area is 130 Å². The molecule has 0 saturated carbocycles. The Hall–Kier alpha value is -1.89. The average Bonchev–Trinajstić information content (AvgIpc) is 3.01. The van der Waals surface area contributed by atoms with Crippen LogP contribution in [0.4, 0.5) is 0 Å². The van der Waals surface area contributed by atoms with Gasteiger partial charge in [-0.15, -0.1) is 0 Å². The Morgan fingerprint density at radius 2 is 2.36 bits per heavy atom. The molecule has 0 aromatic carbocycles. The molecule has 1 fully saturated rings. The summed E-state index contributed by atoms with van der Waals surface area (Å²) >= 11 is 0.